The molecule has 1 aromatic heterocycles. The van der Waals surface area contributed by atoms with Gasteiger partial charge in [-0.25, -0.2) is 9.78 Å². The Morgan fingerprint density at radius 3 is 2.87 bits per heavy atom. The first-order chi connectivity index (χ1) is 11.1. The highest BCUT2D eigenvalue weighted by atomic mass is 19.3. The third-order valence-corrected chi connectivity index (χ3v) is 5.09. The monoisotopic (exact) mass is 326 g/mol. The van der Waals surface area contributed by atoms with E-state index in [0.29, 0.717) is 5.92 Å². The molecule has 1 N–H and O–H groups in total. The number of amides is 2. The van der Waals surface area contributed by atoms with Crippen molar-refractivity contribution in [1.29, 1.82) is 0 Å². The van der Waals surface area contributed by atoms with Gasteiger partial charge < -0.3 is 10.2 Å². The van der Waals surface area contributed by atoms with Gasteiger partial charge in [-0.05, 0) is 18.3 Å². The number of urea groups is 1. The molecule has 2 saturated carbocycles. The highest BCUT2D eigenvalue weighted by Crippen LogP contribution is 2.44. The standard InChI is InChI=1S/C16H24F2N4O/c1-21(10-14-19-7-8-22(14)15(17)18)16(23)20-13-9-12(13)11-5-3-2-4-6-11/h7-8,11-13,15H,2-6,9-10H2,1H3,(H,20,23)/t12-,13-/m1/s1. The second-order valence-electron chi connectivity index (χ2n) is 6.74. The molecule has 2 aliphatic rings. The summed E-state index contributed by atoms with van der Waals surface area (Å²) in [7, 11) is 1.61. The third-order valence-electron chi connectivity index (χ3n) is 5.09. The van der Waals surface area contributed by atoms with Gasteiger partial charge in [0, 0.05) is 25.5 Å². The highest BCUT2D eigenvalue weighted by molar-refractivity contribution is 5.74. The van der Waals surface area contributed by atoms with E-state index in [1.807, 2.05) is 0 Å². The Bertz CT molecular complexity index is 542. The number of nitrogens with one attached hydrogen (secondary N) is 1. The summed E-state index contributed by atoms with van der Waals surface area (Å²) in [6.07, 6.45) is 10.1. The zero-order chi connectivity index (χ0) is 16.4. The molecular weight excluding hydrogens is 302 g/mol. The molecule has 5 nitrogen and oxygen atoms in total. The predicted octanol–water partition coefficient (Wildman–Crippen LogP) is 3.39. The summed E-state index contributed by atoms with van der Waals surface area (Å²) in [5.74, 6) is 1.55. The molecular formula is C16H24F2N4O. The second-order valence-corrected chi connectivity index (χ2v) is 6.74. The number of hydrogen-bond acceptors (Lipinski definition) is 2. The van der Waals surface area contributed by atoms with Crippen molar-refractivity contribution >= 4 is 6.03 Å². The van der Waals surface area contributed by atoms with E-state index in [0.717, 1.165) is 16.9 Å². The summed E-state index contributed by atoms with van der Waals surface area (Å²) in [6, 6.07) is 0.0417. The first kappa shape index (κ1) is 16.2. The van der Waals surface area contributed by atoms with Crippen LogP contribution >= 0.6 is 0 Å². The molecule has 2 aliphatic carbocycles. The zero-order valence-corrected chi connectivity index (χ0v) is 13.4. The van der Waals surface area contributed by atoms with E-state index >= 15 is 0 Å². The SMILES string of the molecule is CN(Cc1nccn1C(F)F)C(=O)N[C@@H]1C[C@@H]1C1CCCCC1. The minimum absolute atomic E-state index is 0.0734. The number of alkyl halides is 2. The van der Waals surface area contributed by atoms with E-state index in [1.54, 1.807) is 7.05 Å². The van der Waals surface area contributed by atoms with E-state index in [2.05, 4.69) is 10.3 Å². The summed E-state index contributed by atoms with van der Waals surface area (Å²) in [4.78, 5) is 17.5. The van der Waals surface area contributed by atoms with Gasteiger partial charge >= 0.3 is 12.6 Å². The minimum atomic E-state index is -2.64. The van der Waals surface area contributed by atoms with Crippen LogP contribution in [0.25, 0.3) is 0 Å². The minimum Gasteiger partial charge on any atom is -0.335 e. The van der Waals surface area contributed by atoms with Gasteiger partial charge in [0.15, 0.2) is 0 Å². The van der Waals surface area contributed by atoms with Crippen molar-refractivity contribution in [3.05, 3.63) is 18.2 Å². The first-order valence-electron chi connectivity index (χ1n) is 8.37. The van der Waals surface area contributed by atoms with Crippen molar-refractivity contribution in [1.82, 2.24) is 19.8 Å². The summed E-state index contributed by atoms with van der Waals surface area (Å²) in [5.41, 5.74) is 0. The summed E-state index contributed by atoms with van der Waals surface area (Å²) < 4.78 is 26.4. The van der Waals surface area contributed by atoms with Crippen LogP contribution in [0.3, 0.4) is 0 Å². The predicted molar refractivity (Wildman–Crippen MR) is 81.9 cm³/mol. The van der Waals surface area contributed by atoms with Crippen molar-refractivity contribution in [3.63, 3.8) is 0 Å². The molecule has 0 bridgehead atoms. The van der Waals surface area contributed by atoms with Gasteiger partial charge in [-0.3, -0.25) is 4.57 Å². The van der Waals surface area contributed by atoms with Crippen LogP contribution in [0.1, 0.15) is 50.9 Å². The van der Waals surface area contributed by atoms with Crippen LogP contribution in [0.4, 0.5) is 13.6 Å². The van der Waals surface area contributed by atoms with Crippen LogP contribution < -0.4 is 5.32 Å². The molecule has 0 aliphatic heterocycles. The maximum Gasteiger partial charge on any atom is 0.319 e. The molecule has 1 heterocycles. The molecule has 0 aromatic carbocycles. The Balaban J connectivity index is 1.48. The van der Waals surface area contributed by atoms with E-state index in [1.165, 1.54) is 49.4 Å². The topological polar surface area (TPSA) is 50.2 Å². The van der Waals surface area contributed by atoms with Crippen molar-refractivity contribution in [2.45, 2.75) is 57.7 Å². The van der Waals surface area contributed by atoms with Gasteiger partial charge in [0.05, 0.1) is 6.54 Å². The molecule has 0 unspecified atom stereocenters. The summed E-state index contributed by atoms with van der Waals surface area (Å²) in [6.45, 7) is -2.56. The Morgan fingerprint density at radius 1 is 1.43 bits per heavy atom. The maximum atomic E-state index is 12.8. The lowest BCUT2D eigenvalue weighted by molar-refractivity contribution is 0.0651. The van der Waals surface area contributed by atoms with E-state index in [9.17, 15) is 13.6 Å². The number of hydrogen-bond donors (Lipinski definition) is 1. The first-order valence-corrected chi connectivity index (χ1v) is 8.37. The number of rotatable bonds is 5. The molecule has 0 radical (unpaired) electrons. The molecule has 23 heavy (non-hydrogen) atoms. The van der Waals surface area contributed by atoms with Gasteiger partial charge in [0.2, 0.25) is 0 Å². The van der Waals surface area contributed by atoms with Crippen LogP contribution in [0.5, 0.6) is 0 Å². The van der Waals surface area contributed by atoms with Crippen LogP contribution in [0.15, 0.2) is 12.4 Å². The maximum absolute atomic E-state index is 12.8. The van der Waals surface area contributed by atoms with Crippen LogP contribution in [-0.2, 0) is 6.54 Å². The Kier molecular flexibility index (Phi) is 4.82. The molecule has 2 fully saturated rings. The molecule has 7 heteroatoms. The van der Waals surface area contributed by atoms with Crippen LogP contribution in [0, 0.1) is 11.8 Å². The number of nitrogens with zero attached hydrogens (tertiary/aromatic N) is 3. The lowest BCUT2D eigenvalue weighted by Gasteiger charge is -2.22. The highest BCUT2D eigenvalue weighted by Gasteiger charge is 2.44. The van der Waals surface area contributed by atoms with E-state index < -0.39 is 6.55 Å². The smallest absolute Gasteiger partial charge is 0.319 e. The Labute approximate surface area is 135 Å². The van der Waals surface area contributed by atoms with Gasteiger partial charge in [-0.1, -0.05) is 32.1 Å². The Morgan fingerprint density at radius 2 is 2.17 bits per heavy atom. The van der Waals surface area contributed by atoms with Gasteiger partial charge in [-0.15, -0.1) is 0 Å². The summed E-state index contributed by atoms with van der Waals surface area (Å²) in [5, 5.41) is 3.02. The number of halogens is 2. The van der Waals surface area contributed by atoms with Crippen LogP contribution in [0.2, 0.25) is 0 Å². The van der Waals surface area contributed by atoms with Crippen LogP contribution in [-0.4, -0.2) is 33.6 Å². The molecule has 1 aromatic rings. The van der Waals surface area contributed by atoms with E-state index in [4.69, 9.17) is 0 Å². The van der Waals surface area contributed by atoms with E-state index in [-0.39, 0.29) is 24.4 Å². The molecule has 0 spiro atoms. The number of aromatic nitrogens is 2. The third kappa shape index (κ3) is 3.82. The zero-order valence-electron chi connectivity index (χ0n) is 13.4. The molecule has 0 saturated heterocycles. The number of carbonyl (C=O) groups is 1. The van der Waals surface area contributed by atoms with Crippen molar-refractivity contribution < 1.29 is 13.6 Å². The Hall–Kier alpha value is -1.66. The fraction of sp³-hybridized carbons (Fsp3) is 0.750. The largest absolute Gasteiger partial charge is 0.335 e. The molecule has 128 valence electrons. The van der Waals surface area contributed by atoms with Gasteiger partial charge in [-0.2, -0.15) is 8.78 Å². The average molecular weight is 326 g/mol. The van der Waals surface area contributed by atoms with Gasteiger partial charge in [0.1, 0.15) is 5.82 Å². The lowest BCUT2D eigenvalue weighted by Crippen LogP contribution is -2.39. The fourth-order valence-electron chi connectivity index (χ4n) is 3.66. The molecule has 2 amide bonds. The fourth-order valence-corrected chi connectivity index (χ4v) is 3.66. The summed E-state index contributed by atoms with van der Waals surface area (Å²) >= 11 is 0. The lowest BCUT2D eigenvalue weighted by atomic mass is 9.85. The number of imidazole rings is 1. The van der Waals surface area contributed by atoms with Gasteiger partial charge in [0.25, 0.3) is 0 Å². The van der Waals surface area contributed by atoms with Crippen molar-refractivity contribution in [2.75, 3.05) is 7.05 Å². The molecule has 3 rings (SSSR count). The number of carbonyl (C=O) groups excluding carboxylic acids is 1. The molecule has 2 atom stereocenters. The normalized spacial score (nSPS) is 24.7. The van der Waals surface area contributed by atoms with Crippen molar-refractivity contribution in [2.24, 2.45) is 11.8 Å². The average Bonchev–Trinajstić information content (AvgIpc) is 3.14. The second kappa shape index (κ2) is 6.84. The quantitative estimate of drug-likeness (QED) is 0.902. The van der Waals surface area contributed by atoms with Crippen molar-refractivity contribution in [3.8, 4) is 0 Å².